The van der Waals surface area contributed by atoms with Crippen molar-refractivity contribution in [1.82, 2.24) is 0 Å². The lowest BCUT2D eigenvalue weighted by molar-refractivity contribution is -0.171. The zero-order valence-electron chi connectivity index (χ0n) is 16.3. The van der Waals surface area contributed by atoms with E-state index in [1.807, 2.05) is 6.92 Å². The molecule has 0 bridgehead atoms. The first-order valence-electron chi connectivity index (χ1n) is 10.6. The van der Waals surface area contributed by atoms with Crippen LogP contribution in [-0.4, -0.2) is 28.2 Å². The molecule has 2 N–H and O–H groups in total. The number of carbonyl (C=O) groups excluding carboxylic acids is 1. The second-order valence-electron chi connectivity index (χ2n) is 10.5. The lowest BCUT2D eigenvalue weighted by Gasteiger charge is -2.62. The topological polar surface area (TPSA) is 57.5 Å². The molecule has 4 aliphatic rings. The van der Waals surface area contributed by atoms with Gasteiger partial charge in [-0.1, -0.05) is 6.92 Å². The average Bonchev–Trinajstić information content (AvgIpc) is 2.91. The number of aliphatic hydroxyl groups excluding tert-OH is 1. The second kappa shape index (κ2) is 5.79. The third-order valence-corrected chi connectivity index (χ3v) is 9.44. The summed E-state index contributed by atoms with van der Waals surface area (Å²) in [4.78, 5) is 12.2. The van der Waals surface area contributed by atoms with Gasteiger partial charge in [0.05, 0.1) is 5.60 Å². The fourth-order valence-electron chi connectivity index (χ4n) is 8.21. The van der Waals surface area contributed by atoms with Gasteiger partial charge in [-0.05, 0) is 106 Å². The van der Waals surface area contributed by atoms with E-state index in [0.717, 1.165) is 38.5 Å². The highest BCUT2D eigenvalue weighted by Gasteiger charge is 2.62. The van der Waals surface area contributed by atoms with Gasteiger partial charge in [0.15, 0.2) is 0 Å². The number of carbonyl (C=O) groups is 1. The summed E-state index contributed by atoms with van der Waals surface area (Å²) in [5.41, 5.74) is -0.329. The molecule has 0 amide bonds. The van der Waals surface area contributed by atoms with E-state index in [9.17, 15) is 15.0 Å². The molecule has 3 heteroatoms. The van der Waals surface area contributed by atoms with Crippen LogP contribution in [0.5, 0.6) is 0 Å². The number of aliphatic hydroxyl groups is 2. The van der Waals surface area contributed by atoms with Crippen LogP contribution in [0.2, 0.25) is 0 Å². The van der Waals surface area contributed by atoms with E-state index in [0.29, 0.717) is 29.5 Å². The van der Waals surface area contributed by atoms with E-state index < -0.39 is 5.60 Å². The van der Waals surface area contributed by atoms with Gasteiger partial charge in [-0.3, -0.25) is 4.79 Å². The summed E-state index contributed by atoms with van der Waals surface area (Å²) >= 11 is 0. The number of hydrogen-bond acceptors (Lipinski definition) is 3. The minimum atomic E-state index is -0.549. The molecule has 3 nitrogen and oxygen atoms in total. The van der Waals surface area contributed by atoms with Gasteiger partial charge in [0.25, 0.3) is 0 Å². The monoisotopic (exact) mass is 348 g/mol. The molecule has 0 aromatic heterocycles. The quantitative estimate of drug-likeness (QED) is 0.794. The van der Waals surface area contributed by atoms with Crippen molar-refractivity contribution >= 4 is 5.78 Å². The van der Waals surface area contributed by atoms with Crippen LogP contribution in [0.4, 0.5) is 0 Å². The minimum absolute atomic E-state index is 0.0286. The van der Waals surface area contributed by atoms with Crippen molar-refractivity contribution in [3.8, 4) is 0 Å². The molecule has 0 spiro atoms. The molecule has 25 heavy (non-hydrogen) atoms. The predicted octanol–water partition coefficient (Wildman–Crippen LogP) is 3.96. The van der Waals surface area contributed by atoms with Crippen molar-refractivity contribution in [2.45, 2.75) is 84.2 Å². The van der Waals surface area contributed by atoms with Crippen LogP contribution in [0.15, 0.2) is 0 Å². The van der Waals surface area contributed by atoms with E-state index in [1.165, 1.54) is 19.3 Å². The number of rotatable bonds is 2. The van der Waals surface area contributed by atoms with E-state index in [2.05, 4.69) is 6.92 Å². The SMILES string of the molecule is CC(=O)[C@H]1CC[C@H]2[C@@H]3CC[C@H]4C[C@](C)(O)CC[C@]4(CO)[C@H]3CC[C@]12C. The maximum absolute atomic E-state index is 12.2. The van der Waals surface area contributed by atoms with Gasteiger partial charge in [0, 0.05) is 12.5 Å². The fraction of sp³-hybridized carbons (Fsp3) is 0.955. The maximum atomic E-state index is 12.2. The molecule has 0 saturated heterocycles. The summed E-state index contributed by atoms with van der Waals surface area (Å²) in [5, 5.41) is 21.1. The Morgan fingerprint density at radius 3 is 2.44 bits per heavy atom. The van der Waals surface area contributed by atoms with Gasteiger partial charge in [-0.2, -0.15) is 0 Å². The molecule has 4 aliphatic carbocycles. The molecule has 8 atom stereocenters. The standard InChI is InChI=1S/C22H36O3/c1-14(24)17-6-7-18-16-5-4-15-12-20(2,25)10-11-22(15,13-23)19(16)8-9-21(17,18)3/h15-19,23,25H,4-13H2,1-3H3/t15-,16-,17+,18-,19-,20+,21+,22+/m0/s1. The van der Waals surface area contributed by atoms with E-state index in [4.69, 9.17) is 0 Å². The summed E-state index contributed by atoms with van der Waals surface area (Å²) in [6.07, 6.45) is 9.62. The normalized spacial score (nSPS) is 55.2. The molecule has 0 aromatic carbocycles. The van der Waals surface area contributed by atoms with E-state index >= 15 is 0 Å². The smallest absolute Gasteiger partial charge is 0.133 e. The van der Waals surface area contributed by atoms with Crippen LogP contribution in [0, 0.1) is 40.4 Å². The Morgan fingerprint density at radius 1 is 1.00 bits per heavy atom. The molecular formula is C22H36O3. The Morgan fingerprint density at radius 2 is 1.76 bits per heavy atom. The highest BCUT2D eigenvalue weighted by Crippen LogP contribution is 2.68. The van der Waals surface area contributed by atoms with Crippen LogP contribution in [0.1, 0.15) is 78.6 Å². The zero-order valence-corrected chi connectivity index (χ0v) is 16.3. The predicted molar refractivity (Wildman–Crippen MR) is 97.9 cm³/mol. The van der Waals surface area contributed by atoms with Gasteiger partial charge < -0.3 is 10.2 Å². The van der Waals surface area contributed by atoms with Gasteiger partial charge in [-0.15, -0.1) is 0 Å². The van der Waals surface area contributed by atoms with Crippen molar-refractivity contribution in [2.75, 3.05) is 6.61 Å². The fourth-order valence-corrected chi connectivity index (χ4v) is 8.21. The first kappa shape index (κ1) is 18.0. The lowest BCUT2D eigenvalue weighted by atomic mass is 9.43. The Hall–Kier alpha value is -0.410. The molecule has 4 fully saturated rings. The van der Waals surface area contributed by atoms with Gasteiger partial charge in [0.2, 0.25) is 0 Å². The van der Waals surface area contributed by atoms with E-state index in [-0.39, 0.29) is 23.4 Å². The molecule has 4 saturated carbocycles. The minimum Gasteiger partial charge on any atom is -0.396 e. The maximum Gasteiger partial charge on any atom is 0.133 e. The van der Waals surface area contributed by atoms with Crippen molar-refractivity contribution in [1.29, 1.82) is 0 Å². The van der Waals surface area contributed by atoms with Crippen LogP contribution in [-0.2, 0) is 4.79 Å². The second-order valence-corrected chi connectivity index (χ2v) is 10.5. The Labute approximate surface area is 152 Å². The zero-order chi connectivity index (χ0) is 18.0. The highest BCUT2D eigenvalue weighted by molar-refractivity contribution is 5.79. The average molecular weight is 349 g/mol. The number of fused-ring (bicyclic) bond motifs is 5. The molecule has 0 unspecified atom stereocenters. The number of Topliss-reactive ketones (excluding diaryl/α,β-unsaturated/α-hetero) is 1. The van der Waals surface area contributed by atoms with Crippen molar-refractivity contribution in [3.63, 3.8) is 0 Å². The Kier molecular flexibility index (Phi) is 4.16. The molecular weight excluding hydrogens is 312 g/mol. The molecule has 0 aliphatic heterocycles. The largest absolute Gasteiger partial charge is 0.396 e. The van der Waals surface area contributed by atoms with Gasteiger partial charge in [0.1, 0.15) is 5.78 Å². The van der Waals surface area contributed by atoms with Crippen LogP contribution in [0.25, 0.3) is 0 Å². The van der Waals surface area contributed by atoms with Gasteiger partial charge >= 0.3 is 0 Å². The Balaban J connectivity index is 1.64. The first-order chi connectivity index (χ1) is 11.7. The molecule has 0 aromatic rings. The summed E-state index contributed by atoms with van der Waals surface area (Å²) in [6, 6.07) is 0. The summed E-state index contributed by atoms with van der Waals surface area (Å²) < 4.78 is 0. The van der Waals surface area contributed by atoms with Crippen LogP contribution >= 0.6 is 0 Å². The summed E-state index contributed by atoms with van der Waals surface area (Å²) in [7, 11) is 0. The first-order valence-corrected chi connectivity index (χ1v) is 10.6. The molecule has 142 valence electrons. The van der Waals surface area contributed by atoms with Crippen LogP contribution < -0.4 is 0 Å². The van der Waals surface area contributed by atoms with Crippen molar-refractivity contribution < 1.29 is 15.0 Å². The van der Waals surface area contributed by atoms with Crippen molar-refractivity contribution in [3.05, 3.63) is 0 Å². The number of hydrogen-bond donors (Lipinski definition) is 2. The molecule has 0 heterocycles. The lowest BCUT2D eigenvalue weighted by Crippen LogP contribution is -2.58. The molecule has 0 radical (unpaired) electrons. The highest BCUT2D eigenvalue weighted by atomic mass is 16.3. The summed E-state index contributed by atoms with van der Waals surface area (Å²) in [6.45, 7) is 6.44. The summed E-state index contributed by atoms with van der Waals surface area (Å²) in [5.74, 6) is 3.05. The van der Waals surface area contributed by atoms with Gasteiger partial charge in [-0.25, -0.2) is 0 Å². The van der Waals surface area contributed by atoms with Crippen molar-refractivity contribution in [2.24, 2.45) is 40.4 Å². The third-order valence-electron chi connectivity index (χ3n) is 9.44. The van der Waals surface area contributed by atoms with E-state index in [1.54, 1.807) is 6.92 Å². The van der Waals surface area contributed by atoms with Crippen LogP contribution in [0.3, 0.4) is 0 Å². The Bertz CT molecular complexity index is 555. The molecule has 4 rings (SSSR count). The number of ketones is 1. The third kappa shape index (κ3) is 2.48.